The summed E-state index contributed by atoms with van der Waals surface area (Å²) in [6.07, 6.45) is 9.95. The SMILES string of the molecule is CCCCCCC(CCC)C(C)C. The van der Waals surface area contributed by atoms with E-state index in [0.717, 1.165) is 11.8 Å². The monoisotopic (exact) mass is 184 g/mol. The van der Waals surface area contributed by atoms with Gasteiger partial charge in [-0.15, -0.1) is 0 Å². The van der Waals surface area contributed by atoms with E-state index in [1.54, 1.807) is 0 Å². The lowest BCUT2D eigenvalue weighted by atomic mass is 9.87. The van der Waals surface area contributed by atoms with Crippen LogP contribution in [0.1, 0.15) is 72.6 Å². The summed E-state index contributed by atoms with van der Waals surface area (Å²) < 4.78 is 0. The van der Waals surface area contributed by atoms with Crippen molar-refractivity contribution in [2.24, 2.45) is 11.8 Å². The molecule has 0 radical (unpaired) electrons. The first-order chi connectivity index (χ1) is 6.22. The highest BCUT2D eigenvalue weighted by Gasteiger charge is 2.11. The number of unbranched alkanes of at least 4 members (excludes halogenated alkanes) is 3. The zero-order valence-corrected chi connectivity index (χ0v) is 10.1. The summed E-state index contributed by atoms with van der Waals surface area (Å²) in [4.78, 5) is 0. The van der Waals surface area contributed by atoms with Crippen LogP contribution < -0.4 is 0 Å². The van der Waals surface area contributed by atoms with Crippen LogP contribution >= 0.6 is 0 Å². The van der Waals surface area contributed by atoms with Gasteiger partial charge in [0.25, 0.3) is 0 Å². The van der Waals surface area contributed by atoms with Crippen molar-refractivity contribution >= 4 is 0 Å². The van der Waals surface area contributed by atoms with Gasteiger partial charge < -0.3 is 0 Å². The Labute approximate surface area is 85.1 Å². The summed E-state index contributed by atoms with van der Waals surface area (Å²) in [7, 11) is 0. The van der Waals surface area contributed by atoms with Crippen molar-refractivity contribution in [2.45, 2.75) is 72.6 Å². The molecule has 0 heteroatoms. The summed E-state index contributed by atoms with van der Waals surface area (Å²) in [6.45, 7) is 9.34. The van der Waals surface area contributed by atoms with E-state index in [4.69, 9.17) is 0 Å². The second-order valence-corrected chi connectivity index (χ2v) is 4.64. The van der Waals surface area contributed by atoms with Crippen LogP contribution in [0.4, 0.5) is 0 Å². The molecule has 1 atom stereocenters. The molecule has 0 heterocycles. The standard InChI is InChI=1S/C13H28/c1-5-7-8-9-11-13(10-6-2)12(3)4/h12-13H,5-11H2,1-4H3. The summed E-state index contributed by atoms with van der Waals surface area (Å²) >= 11 is 0. The van der Waals surface area contributed by atoms with Gasteiger partial charge >= 0.3 is 0 Å². The molecule has 0 spiro atoms. The average molecular weight is 184 g/mol. The molecule has 0 aromatic rings. The predicted molar refractivity (Wildman–Crippen MR) is 62.0 cm³/mol. The fraction of sp³-hybridized carbons (Fsp3) is 1.00. The van der Waals surface area contributed by atoms with E-state index in [2.05, 4.69) is 27.7 Å². The molecule has 0 aliphatic heterocycles. The van der Waals surface area contributed by atoms with Gasteiger partial charge in [-0.3, -0.25) is 0 Å². The third-order valence-electron chi connectivity index (χ3n) is 3.03. The van der Waals surface area contributed by atoms with E-state index in [-0.39, 0.29) is 0 Å². The highest BCUT2D eigenvalue weighted by molar-refractivity contribution is 4.62. The van der Waals surface area contributed by atoms with Crippen molar-refractivity contribution in [3.05, 3.63) is 0 Å². The molecule has 0 aromatic heterocycles. The van der Waals surface area contributed by atoms with Gasteiger partial charge in [0.1, 0.15) is 0 Å². The zero-order chi connectivity index (χ0) is 10.1. The van der Waals surface area contributed by atoms with Gasteiger partial charge in [0.15, 0.2) is 0 Å². The Morgan fingerprint density at radius 2 is 1.46 bits per heavy atom. The minimum Gasteiger partial charge on any atom is -0.0654 e. The number of hydrogen-bond acceptors (Lipinski definition) is 0. The van der Waals surface area contributed by atoms with Crippen molar-refractivity contribution in [1.29, 1.82) is 0 Å². The maximum atomic E-state index is 2.38. The van der Waals surface area contributed by atoms with E-state index >= 15 is 0 Å². The molecule has 0 aromatic carbocycles. The van der Waals surface area contributed by atoms with Crippen LogP contribution in [-0.4, -0.2) is 0 Å². The molecule has 0 nitrogen and oxygen atoms in total. The number of hydrogen-bond donors (Lipinski definition) is 0. The molecule has 0 rings (SSSR count). The lowest BCUT2D eigenvalue weighted by Crippen LogP contribution is -2.08. The van der Waals surface area contributed by atoms with Crippen LogP contribution in [0.3, 0.4) is 0 Å². The molecule has 0 N–H and O–H groups in total. The highest BCUT2D eigenvalue weighted by Crippen LogP contribution is 2.23. The van der Waals surface area contributed by atoms with Crippen LogP contribution in [0.25, 0.3) is 0 Å². The largest absolute Gasteiger partial charge is 0.0654 e. The van der Waals surface area contributed by atoms with Crippen molar-refractivity contribution in [3.8, 4) is 0 Å². The van der Waals surface area contributed by atoms with Crippen molar-refractivity contribution < 1.29 is 0 Å². The van der Waals surface area contributed by atoms with Gasteiger partial charge in [-0.05, 0) is 11.8 Å². The van der Waals surface area contributed by atoms with Crippen molar-refractivity contribution in [3.63, 3.8) is 0 Å². The molecule has 1 unspecified atom stereocenters. The molecule has 0 aliphatic rings. The van der Waals surface area contributed by atoms with E-state index in [1.165, 1.54) is 44.9 Å². The summed E-state index contributed by atoms with van der Waals surface area (Å²) in [6, 6.07) is 0. The lowest BCUT2D eigenvalue weighted by Gasteiger charge is -2.19. The van der Waals surface area contributed by atoms with Gasteiger partial charge in [0, 0.05) is 0 Å². The third kappa shape index (κ3) is 7.10. The highest BCUT2D eigenvalue weighted by atomic mass is 14.2. The van der Waals surface area contributed by atoms with Crippen LogP contribution in [0, 0.1) is 11.8 Å². The topological polar surface area (TPSA) is 0 Å². The summed E-state index contributed by atoms with van der Waals surface area (Å²) in [5.74, 6) is 1.88. The van der Waals surface area contributed by atoms with Crippen molar-refractivity contribution in [2.75, 3.05) is 0 Å². The molecular formula is C13H28. The maximum absolute atomic E-state index is 2.38. The predicted octanol–water partition coefficient (Wildman–Crippen LogP) is 5.03. The van der Waals surface area contributed by atoms with E-state index in [0.29, 0.717) is 0 Å². The van der Waals surface area contributed by atoms with Gasteiger partial charge in [0.05, 0.1) is 0 Å². The second kappa shape index (κ2) is 8.59. The molecule has 0 aliphatic carbocycles. The summed E-state index contributed by atoms with van der Waals surface area (Å²) in [5.41, 5.74) is 0. The van der Waals surface area contributed by atoms with Gasteiger partial charge in [0.2, 0.25) is 0 Å². The van der Waals surface area contributed by atoms with Gasteiger partial charge in [-0.2, -0.15) is 0 Å². The fourth-order valence-corrected chi connectivity index (χ4v) is 2.02. The smallest absolute Gasteiger partial charge is 0.0391 e. The first kappa shape index (κ1) is 13.0. The molecule has 0 fully saturated rings. The third-order valence-corrected chi connectivity index (χ3v) is 3.03. The molecule has 0 bridgehead atoms. The fourth-order valence-electron chi connectivity index (χ4n) is 2.02. The van der Waals surface area contributed by atoms with Gasteiger partial charge in [-0.1, -0.05) is 72.6 Å². The van der Waals surface area contributed by atoms with Crippen LogP contribution in [0.15, 0.2) is 0 Å². The van der Waals surface area contributed by atoms with E-state index in [1.807, 2.05) is 0 Å². The van der Waals surface area contributed by atoms with E-state index in [9.17, 15) is 0 Å². The normalized spacial score (nSPS) is 13.6. The molecular weight excluding hydrogens is 156 g/mol. The molecule has 0 saturated carbocycles. The number of rotatable bonds is 8. The molecule has 80 valence electrons. The Balaban J connectivity index is 3.45. The van der Waals surface area contributed by atoms with Crippen LogP contribution in [0.2, 0.25) is 0 Å². The van der Waals surface area contributed by atoms with Crippen LogP contribution in [0.5, 0.6) is 0 Å². The van der Waals surface area contributed by atoms with E-state index < -0.39 is 0 Å². The summed E-state index contributed by atoms with van der Waals surface area (Å²) in [5, 5.41) is 0. The minimum absolute atomic E-state index is 0.890. The van der Waals surface area contributed by atoms with Gasteiger partial charge in [-0.25, -0.2) is 0 Å². The molecule has 0 saturated heterocycles. The Hall–Kier alpha value is 0. The van der Waals surface area contributed by atoms with Crippen LogP contribution in [-0.2, 0) is 0 Å². The first-order valence-electron chi connectivity index (χ1n) is 6.22. The zero-order valence-electron chi connectivity index (χ0n) is 10.1. The first-order valence-corrected chi connectivity index (χ1v) is 6.22. The van der Waals surface area contributed by atoms with Crippen molar-refractivity contribution in [1.82, 2.24) is 0 Å². The second-order valence-electron chi connectivity index (χ2n) is 4.64. The molecule has 13 heavy (non-hydrogen) atoms. The average Bonchev–Trinajstić information content (AvgIpc) is 2.10. The quantitative estimate of drug-likeness (QED) is 0.464. The Kier molecular flexibility index (Phi) is 8.59. The maximum Gasteiger partial charge on any atom is -0.0391 e. The molecule has 0 amide bonds. The Morgan fingerprint density at radius 3 is 1.92 bits per heavy atom. The lowest BCUT2D eigenvalue weighted by molar-refractivity contribution is 0.322. The Morgan fingerprint density at radius 1 is 0.769 bits per heavy atom. The minimum atomic E-state index is 0.890. The Bertz CT molecular complexity index is 94.2.